The Bertz CT molecular complexity index is 415. The molecule has 17 heavy (non-hydrogen) atoms. The first-order valence-corrected chi connectivity index (χ1v) is 5.88. The van der Waals surface area contributed by atoms with Crippen molar-refractivity contribution in [3.05, 3.63) is 4.60 Å². The number of nitrogens with zero attached hydrogens (tertiary/aromatic N) is 4. The van der Waals surface area contributed by atoms with Crippen molar-refractivity contribution in [3.8, 4) is 0 Å². The molecule has 1 fully saturated rings. The number of carbonyl (C=O) groups is 1. The molecule has 1 aliphatic heterocycles. The zero-order chi connectivity index (χ0) is 12.4. The third kappa shape index (κ3) is 2.67. The monoisotopic (exact) mass is 306 g/mol. The molecule has 1 aliphatic rings. The summed E-state index contributed by atoms with van der Waals surface area (Å²) in [5.41, 5.74) is 0. The molecule has 1 amide bonds. The molecule has 0 aliphatic carbocycles. The average Bonchev–Trinajstić information content (AvgIpc) is 2.61. The third-order valence-electron chi connectivity index (χ3n) is 2.54. The highest BCUT2D eigenvalue weighted by Crippen LogP contribution is 2.16. The van der Waals surface area contributed by atoms with E-state index in [1.54, 1.807) is 0 Å². The molecule has 2 N–H and O–H groups in total. The molecule has 94 valence electrons. The Morgan fingerprint density at radius 3 is 2.76 bits per heavy atom. The van der Waals surface area contributed by atoms with Crippen molar-refractivity contribution in [2.45, 2.75) is 0 Å². The van der Waals surface area contributed by atoms with Gasteiger partial charge in [-0.2, -0.15) is 0 Å². The summed E-state index contributed by atoms with van der Waals surface area (Å²) >= 11 is 3.26. The van der Waals surface area contributed by atoms with Gasteiger partial charge >= 0.3 is 16.6 Å². The van der Waals surface area contributed by atoms with Crippen LogP contribution in [0.2, 0.25) is 0 Å². The van der Waals surface area contributed by atoms with E-state index in [9.17, 15) is 4.79 Å². The summed E-state index contributed by atoms with van der Waals surface area (Å²) in [4.78, 5) is 14.2. The Morgan fingerprint density at radius 1 is 1.53 bits per heavy atom. The number of nitrogens with one attached hydrogen (secondary N) is 1. The topological polar surface area (TPSA) is 85.7 Å². The Balaban J connectivity index is 2.11. The SMILES string of the molecule is CN1CCN([n+]2noc(NC(=O)O)c2Br)CC1. The maximum absolute atomic E-state index is 10.5. The lowest BCUT2D eigenvalue weighted by Crippen LogP contribution is -2.65. The fourth-order valence-electron chi connectivity index (χ4n) is 1.58. The van der Waals surface area contributed by atoms with Crippen LogP contribution in [0.25, 0.3) is 0 Å². The van der Waals surface area contributed by atoms with Gasteiger partial charge < -0.3 is 10.0 Å². The van der Waals surface area contributed by atoms with Gasteiger partial charge in [0.25, 0.3) is 0 Å². The molecule has 0 saturated carbocycles. The second-order valence-corrected chi connectivity index (χ2v) is 4.52. The molecule has 9 heteroatoms. The standard InChI is InChI=1S/C8H12BrN5O3/c1-12-2-4-13(5-3-12)14-6(9)7(17-11-14)10-8(15)16/h2-5H2,1H3,(H-,10,11,15,16)/p+1. The van der Waals surface area contributed by atoms with E-state index in [4.69, 9.17) is 9.63 Å². The van der Waals surface area contributed by atoms with Crippen LogP contribution < -0.4 is 15.1 Å². The summed E-state index contributed by atoms with van der Waals surface area (Å²) in [6.07, 6.45) is -1.19. The predicted molar refractivity (Wildman–Crippen MR) is 61.5 cm³/mol. The van der Waals surface area contributed by atoms with Crippen LogP contribution in [-0.4, -0.2) is 54.6 Å². The van der Waals surface area contributed by atoms with E-state index in [0.717, 1.165) is 26.2 Å². The lowest BCUT2D eigenvalue weighted by molar-refractivity contribution is -0.768. The van der Waals surface area contributed by atoms with Crippen LogP contribution in [0.1, 0.15) is 0 Å². The summed E-state index contributed by atoms with van der Waals surface area (Å²) in [5, 5.41) is 16.5. The summed E-state index contributed by atoms with van der Waals surface area (Å²) in [7, 11) is 2.05. The highest BCUT2D eigenvalue weighted by molar-refractivity contribution is 9.10. The minimum atomic E-state index is -1.19. The number of hydrogen-bond donors (Lipinski definition) is 2. The van der Waals surface area contributed by atoms with Gasteiger partial charge in [0.05, 0.1) is 17.9 Å². The lowest BCUT2D eigenvalue weighted by Gasteiger charge is -2.26. The van der Waals surface area contributed by atoms with E-state index < -0.39 is 6.09 Å². The van der Waals surface area contributed by atoms with Crippen molar-refractivity contribution in [2.24, 2.45) is 0 Å². The first-order chi connectivity index (χ1) is 8.08. The van der Waals surface area contributed by atoms with Gasteiger partial charge in [0.2, 0.25) is 5.27 Å². The number of rotatable bonds is 2. The van der Waals surface area contributed by atoms with Gasteiger partial charge in [0.1, 0.15) is 0 Å². The molecular formula is C8H13BrN5O3+. The zero-order valence-electron chi connectivity index (χ0n) is 9.26. The minimum absolute atomic E-state index is 0.0800. The summed E-state index contributed by atoms with van der Waals surface area (Å²) in [5.74, 6) is 0.0800. The Hall–Kier alpha value is -1.35. The molecule has 1 saturated heterocycles. The number of amides is 1. The van der Waals surface area contributed by atoms with Crippen molar-refractivity contribution in [2.75, 3.05) is 43.6 Å². The molecule has 0 unspecified atom stereocenters. The first kappa shape index (κ1) is 12.1. The molecule has 0 bridgehead atoms. The second-order valence-electron chi connectivity index (χ2n) is 3.77. The Morgan fingerprint density at radius 2 is 2.18 bits per heavy atom. The van der Waals surface area contributed by atoms with Gasteiger partial charge in [-0.05, 0) is 7.05 Å². The fourth-order valence-corrected chi connectivity index (χ4v) is 2.04. The smallest absolute Gasteiger partial charge is 0.411 e. The molecule has 8 nitrogen and oxygen atoms in total. The van der Waals surface area contributed by atoms with Gasteiger partial charge in [-0.15, -0.1) is 5.01 Å². The van der Waals surface area contributed by atoms with Crippen molar-refractivity contribution in [1.29, 1.82) is 0 Å². The molecule has 1 aromatic rings. The number of halogens is 1. The van der Waals surface area contributed by atoms with E-state index in [2.05, 4.69) is 38.5 Å². The minimum Gasteiger partial charge on any atom is -0.465 e. The Kier molecular flexibility index (Phi) is 3.48. The van der Waals surface area contributed by atoms with Crippen LogP contribution in [0.3, 0.4) is 0 Å². The lowest BCUT2D eigenvalue weighted by atomic mass is 10.4. The third-order valence-corrected chi connectivity index (χ3v) is 3.22. The number of carboxylic acid groups (broad SMARTS) is 1. The van der Waals surface area contributed by atoms with E-state index in [1.807, 2.05) is 5.01 Å². The molecule has 1 aromatic heterocycles. The summed E-state index contributed by atoms with van der Waals surface area (Å²) in [6, 6.07) is 0. The Labute approximate surface area is 106 Å². The molecule has 0 aromatic carbocycles. The number of piperazine rings is 1. The largest absolute Gasteiger partial charge is 0.465 e. The first-order valence-electron chi connectivity index (χ1n) is 5.09. The molecule has 2 rings (SSSR count). The molecular weight excluding hydrogens is 294 g/mol. The van der Waals surface area contributed by atoms with Crippen LogP contribution >= 0.6 is 15.9 Å². The van der Waals surface area contributed by atoms with Crippen molar-refractivity contribution >= 4 is 27.9 Å². The van der Waals surface area contributed by atoms with Crippen molar-refractivity contribution in [1.82, 2.24) is 10.2 Å². The van der Waals surface area contributed by atoms with Crippen LogP contribution in [0.5, 0.6) is 0 Å². The number of anilines is 1. The van der Waals surface area contributed by atoms with Crippen molar-refractivity contribution in [3.63, 3.8) is 0 Å². The zero-order valence-corrected chi connectivity index (χ0v) is 10.8. The molecule has 2 heterocycles. The van der Waals surface area contributed by atoms with E-state index in [-0.39, 0.29) is 5.88 Å². The maximum atomic E-state index is 10.5. The van der Waals surface area contributed by atoms with E-state index in [0.29, 0.717) is 4.60 Å². The fraction of sp³-hybridized carbons (Fsp3) is 0.625. The molecule has 0 spiro atoms. The van der Waals surface area contributed by atoms with Crippen molar-refractivity contribution < 1.29 is 19.2 Å². The predicted octanol–water partition coefficient (Wildman–Crippen LogP) is -0.302. The summed E-state index contributed by atoms with van der Waals surface area (Å²) in [6.45, 7) is 3.46. The van der Waals surface area contributed by atoms with Gasteiger partial charge in [-0.3, -0.25) is 9.84 Å². The molecule has 0 atom stereocenters. The van der Waals surface area contributed by atoms with Gasteiger partial charge in [0, 0.05) is 29.0 Å². The number of hydrogen-bond acceptors (Lipinski definition) is 5. The van der Waals surface area contributed by atoms with Gasteiger partial charge in [-0.1, -0.05) is 0 Å². The average molecular weight is 307 g/mol. The van der Waals surface area contributed by atoms with Crippen LogP contribution in [0, 0.1) is 0 Å². The molecule has 0 radical (unpaired) electrons. The normalized spacial score (nSPS) is 17.2. The number of aromatic nitrogens is 2. The van der Waals surface area contributed by atoms with E-state index >= 15 is 0 Å². The van der Waals surface area contributed by atoms with Crippen LogP contribution in [0.4, 0.5) is 10.7 Å². The highest BCUT2D eigenvalue weighted by Gasteiger charge is 2.31. The van der Waals surface area contributed by atoms with Gasteiger partial charge in [0.15, 0.2) is 0 Å². The van der Waals surface area contributed by atoms with E-state index in [1.165, 1.54) is 4.79 Å². The second kappa shape index (κ2) is 4.88. The van der Waals surface area contributed by atoms with Gasteiger partial charge in [-0.25, -0.2) is 4.79 Å². The van der Waals surface area contributed by atoms with Crippen LogP contribution in [-0.2, 0) is 0 Å². The number of likely N-dealkylation sites (N-methyl/N-ethyl adjacent to an activating group) is 1. The highest BCUT2D eigenvalue weighted by atomic mass is 79.9. The van der Waals surface area contributed by atoms with Crippen LogP contribution in [0.15, 0.2) is 9.13 Å². The quantitative estimate of drug-likeness (QED) is 0.730. The maximum Gasteiger partial charge on any atom is 0.411 e. The summed E-state index contributed by atoms with van der Waals surface area (Å²) < 4.78 is 5.37.